The van der Waals surface area contributed by atoms with Crippen LogP contribution in [0.1, 0.15) is 12.0 Å². The van der Waals surface area contributed by atoms with Gasteiger partial charge in [0, 0.05) is 13.0 Å². The topological polar surface area (TPSA) is 98.1 Å². The summed E-state index contributed by atoms with van der Waals surface area (Å²) >= 11 is 0. The van der Waals surface area contributed by atoms with Gasteiger partial charge >= 0.3 is 5.97 Å². The van der Waals surface area contributed by atoms with Gasteiger partial charge in [0.05, 0.1) is 12.5 Å². The fourth-order valence-electron chi connectivity index (χ4n) is 2.20. The third-order valence-corrected chi connectivity index (χ3v) is 3.16. The Kier molecular flexibility index (Phi) is 3.71. The van der Waals surface area contributed by atoms with Crippen LogP contribution in [0.5, 0.6) is 5.75 Å². The molecule has 1 aliphatic heterocycles. The van der Waals surface area contributed by atoms with E-state index in [9.17, 15) is 24.9 Å². The highest BCUT2D eigenvalue weighted by Crippen LogP contribution is 2.19. The van der Waals surface area contributed by atoms with E-state index in [0.717, 1.165) is 0 Å². The fraction of sp³-hybridized carbons (Fsp3) is 0.385. The van der Waals surface area contributed by atoms with Crippen LogP contribution < -0.4 is 0 Å². The number of β-amino-alcohol motifs (C(OH)–C–C–N with tert-alkyl or cyclic N) is 1. The summed E-state index contributed by atoms with van der Waals surface area (Å²) in [7, 11) is 0. The summed E-state index contributed by atoms with van der Waals surface area (Å²) < 4.78 is 0. The molecule has 6 heteroatoms. The number of hydrogen-bond acceptors (Lipinski definition) is 4. The molecule has 1 heterocycles. The summed E-state index contributed by atoms with van der Waals surface area (Å²) in [5, 5.41) is 27.8. The Balaban J connectivity index is 2.15. The molecule has 6 nitrogen and oxygen atoms in total. The number of benzene rings is 1. The van der Waals surface area contributed by atoms with Gasteiger partial charge in [-0.25, -0.2) is 4.79 Å². The molecular weight excluding hydrogens is 250 g/mol. The number of phenols is 1. The van der Waals surface area contributed by atoms with Crippen LogP contribution in [-0.4, -0.2) is 50.8 Å². The highest BCUT2D eigenvalue weighted by molar-refractivity contribution is 5.85. The number of carboxylic acid groups (broad SMARTS) is 1. The molecule has 1 amide bonds. The van der Waals surface area contributed by atoms with E-state index in [2.05, 4.69) is 0 Å². The van der Waals surface area contributed by atoms with Gasteiger partial charge in [-0.2, -0.15) is 0 Å². The zero-order chi connectivity index (χ0) is 14.0. The van der Waals surface area contributed by atoms with E-state index in [-0.39, 0.29) is 31.0 Å². The Morgan fingerprint density at radius 3 is 2.47 bits per heavy atom. The monoisotopic (exact) mass is 265 g/mol. The van der Waals surface area contributed by atoms with Crippen LogP contribution in [0, 0.1) is 0 Å². The summed E-state index contributed by atoms with van der Waals surface area (Å²) in [4.78, 5) is 24.1. The Morgan fingerprint density at radius 1 is 1.37 bits per heavy atom. The lowest BCUT2D eigenvalue weighted by molar-refractivity contribution is -0.148. The lowest BCUT2D eigenvalue weighted by Crippen LogP contribution is -2.44. The number of phenolic OH excluding ortho intramolecular Hbond substituents is 1. The molecule has 1 aromatic rings. The first-order valence-corrected chi connectivity index (χ1v) is 5.95. The zero-order valence-electron chi connectivity index (χ0n) is 10.2. The highest BCUT2D eigenvalue weighted by Gasteiger charge is 2.36. The third kappa shape index (κ3) is 3.03. The van der Waals surface area contributed by atoms with Crippen LogP contribution in [0.2, 0.25) is 0 Å². The Labute approximate surface area is 109 Å². The molecule has 1 unspecified atom stereocenters. The van der Waals surface area contributed by atoms with Gasteiger partial charge in [-0.15, -0.1) is 0 Å². The number of aliphatic carboxylic acids is 1. The van der Waals surface area contributed by atoms with Crippen molar-refractivity contribution in [1.82, 2.24) is 4.90 Å². The summed E-state index contributed by atoms with van der Waals surface area (Å²) in [5.41, 5.74) is 0.708. The largest absolute Gasteiger partial charge is 0.508 e. The van der Waals surface area contributed by atoms with E-state index in [0.29, 0.717) is 5.56 Å². The Morgan fingerprint density at radius 2 is 2.00 bits per heavy atom. The van der Waals surface area contributed by atoms with Gasteiger partial charge < -0.3 is 20.2 Å². The quantitative estimate of drug-likeness (QED) is 0.710. The summed E-state index contributed by atoms with van der Waals surface area (Å²) in [6.07, 6.45) is -0.679. The average molecular weight is 265 g/mol. The van der Waals surface area contributed by atoms with Crippen LogP contribution in [0.15, 0.2) is 24.3 Å². The van der Waals surface area contributed by atoms with Crippen LogP contribution in [0.3, 0.4) is 0 Å². The first-order valence-electron chi connectivity index (χ1n) is 5.95. The molecule has 1 fully saturated rings. The van der Waals surface area contributed by atoms with Crippen LogP contribution in [-0.2, 0) is 16.0 Å². The van der Waals surface area contributed by atoms with E-state index in [1.54, 1.807) is 12.1 Å². The molecule has 2 rings (SSSR count). The molecule has 1 aliphatic rings. The van der Waals surface area contributed by atoms with E-state index in [1.165, 1.54) is 17.0 Å². The van der Waals surface area contributed by atoms with Crippen LogP contribution in [0.4, 0.5) is 0 Å². The maximum absolute atomic E-state index is 11.6. The lowest BCUT2D eigenvalue weighted by atomic mass is 10.0. The van der Waals surface area contributed by atoms with Gasteiger partial charge in [0.1, 0.15) is 11.8 Å². The van der Waals surface area contributed by atoms with Crippen molar-refractivity contribution in [3.05, 3.63) is 29.8 Å². The maximum Gasteiger partial charge on any atom is 0.326 e. The maximum atomic E-state index is 11.6. The molecule has 0 aliphatic carbocycles. The Hall–Kier alpha value is -2.08. The van der Waals surface area contributed by atoms with Crippen molar-refractivity contribution in [3.63, 3.8) is 0 Å². The number of carbonyl (C=O) groups excluding carboxylic acids is 1. The number of nitrogens with zero attached hydrogens (tertiary/aromatic N) is 1. The van der Waals surface area contributed by atoms with Crippen molar-refractivity contribution >= 4 is 11.9 Å². The number of rotatable bonds is 4. The molecule has 102 valence electrons. The number of aliphatic hydroxyl groups excluding tert-OH is 1. The van der Waals surface area contributed by atoms with E-state index >= 15 is 0 Å². The molecule has 1 aromatic carbocycles. The molecule has 0 saturated carbocycles. The standard InChI is InChI=1S/C13H15NO5/c15-9-3-1-8(2-4-9)5-11(13(18)19)14-7-10(16)6-12(14)17/h1-4,10-11,15-16H,5-7H2,(H,18,19)/t10?,11-/m0/s1. The molecule has 3 N–H and O–H groups in total. The minimum atomic E-state index is -1.10. The first-order chi connectivity index (χ1) is 8.97. The number of amides is 1. The summed E-state index contributed by atoms with van der Waals surface area (Å²) in [6, 6.07) is 5.17. The second kappa shape index (κ2) is 5.27. The van der Waals surface area contributed by atoms with Gasteiger partial charge in [-0.1, -0.05) is 12.1 Å². The van der Waals surface area contributed by atoms with Gasteiger partial charge in [0.25, 0.3) is 0 Å². The smallest absolute Gasteiger partial charge is 0.326 e. The number of carbonyl (C=O) groups is 2. The van der Waals surface area contributed by atoms with Crippen molar-refractivity contribution in [3.8, 4) is 5.75 Å². The van der Waals surface area contributed by atoms with Crippen molar-refractivity contribution < 1.29 is 24.9 Å². The average Bonchev–Trinajstić information content (AvgIpc) is 2.67. The van der Waals surface area contributed by atoms with Crippen molar-refractivity contribution in [2.75, 3.05) is 6.54 Å². The summed E-state index contributed by atoms with van der Waals surface area (Å²) in [6.45, 7) is 0.0495. The van der Waals surface area contributed by atoms with Crippen molar-refractivity contribution in [2.24, 2.45) is 0 Å². The molecule has 2 atom stereocenters. The van der Waals surface area contributed by atoms with E-state index in [1.807, 2.05) is 0 Å². The molecule has 0 aromatic heterocycles. The zero-order valence-corrected chi connectivity index (χ0v) is 10.2. The number of hydrogen-bond donors (Lipinski definition) is 3. The van der Waals surface area contributed by atoms with Crippen molar-refractivity contribution in [2.45, 2.75) is 25.0 Å². The van der Waals surface area contributed by atoms with Gasteiger partial charge in [-0.3, -0.25) is 4.79 Å². The predicted molar refractivity (Wildman–Crippen MR) is 65.6 cm³/mol. The summed E-state index contributed by atoms with van der Waals surface area (Å²) in [5.74, 6) is -1.35. The number of aromatic hydroxyl groups is 1. The second-order valence-corrected chi connectivity index (χ2v) is 4.63. The third-order valence-electron chi connectivity index (χ3n) is 3.16. The molecule has 0 bridgehead atoms. The van der Waals surface area contributed by atoms with Crippen molar-refractivity contribution in [1.29, 1.82) is 0 Å². The molecular formula is C13H15NO5. The normalized spacial score (nSPS) is 20.6. The highest BCUT2D eigenvalue weighted by atomic mass is 16.4. The second-order valence-electron chi connectivity index (χ2n) is 4.63. The van der Waals surface area contributed by atoms with Gasteiger partial charge in [0.2, 0.25) is 5.91 Å². The number of carboxylic acids is 1. The van der Waals surface area contributed by atoms with Gasteiger partial charge in [-0.05, 0) is 17.7 Å². The number of likely N-dealkylation sites (tertiary alicyclic amines) is 1. The fourth-order valence-corrected chi connectivity index (χ4v) is 2.20. The lowest BCUT2D eigenvalue weighted by Gasteiger charge is -2.24. The van der Waals surface area contributed by atoms with Crippen LogP contribution >= 0.6 is 0 Å². The predicted octanol–water partition coefficient (Wildman–Crippen LogP) is -0.0189. The SMILES string of the molecule is O=C(O)[C@H](Cc1ccc(O)cc1)N1CC(O)CC1=O. The molecule has 0 radical (unpaired) electrons. The number of aliphatic hydroxyl groups is 1. The Bertz CT molecular complexity index is 484. The minimum Gasteiger partial charge on any atom is -0.508 e. The minimum absolute atomic E-state index is 0.0284. The first kappa shape index (κ1) is 13.4. The van der Waals surface area contributed by atoms with Gasteiger partial charge in [0.15, 0.2) is 0 Å². The van der Waals surface area contributed by atoms with E-state index in [4.69, 9.17) is 0 Å². The molecule has 19 heavy (non-hydrogen) atoms. The van der Waals surface area contributed by atoms with E-state index < -0.39 is 18.1 Å². The van der Waals surface area contributed by atoms with Crippen LogP contribution in [0.25, 0.3) is 0 Å². The molecule has 0 spiro atoms. The molecule has 1 saturated heterocycles.